The molecule has 0 aromatic carbocycles. The van der Waals surface area contributed by atoms with Crippen molar-refractivity contribution in [3.8, 4) is 0 Å². The maximum atomic E-state index is 13.0. The second-order valence-corrected chi connectivity index (χ2v) is 5.20. The summed E-state index contributed by atoms with van der Waals surface area (Å²) in [7, 11) is 1.40. The maximum absolute atomic E-state index is 13.0. The Morgan fingerprint density at radius 1 is 1.48 bits per heavy atom. The highest BCUT2D eigenvalue weighted by molar-refractivity contribution is 5.96. The topological polar surface area (TPSA) is 79.7 Å². The lowest BCUT2D eigenvalue weighted by Crippen LogP contribution is -2.38. The summed E-state index contributed by atoms with van der Waals surface area (Å²) >= 11 is 0. The van der Waals surface area contributed by atoms with E-state index in [0.29, 0.717) is 0 Å². The van der Waals surface area contributed by atoms with E-state index < -0.39 is 41.5 Å². The van der Waals surface area contributed by atoms with E-state index in [1.807, 2.05) is 0 Å². The Hall–Kier alpha value is -2.16. The number of likely N-dealkylation sites (tertiary alicyclic amines) is 1. The lowest BCUT2D eigenvalue weighted by molar-refractivity contribution is -0.142. The van der Waals surface area contributed by atoms with Gasteiger partial charge in [-0.05, 0) is 18.6 Å². The van der Waals surface area contributed by atoms with E-state index in [2.05, 4.69) is 4.98 Å². The molecule has 2 rings (SSSR count). The van der Waals surface area contributed by atoms with E-state index in [1.165, 1.54) is 13.2 Å². The molecule has 9 heteroatoms. The zero-order valence-corrected chi connectivity index (χ0v) is 12.2. The molecular weight excluding hydrogens is 317 g/mol. The number of nitrogens with zero attached hydrogens (tertiary/aromatic N) is 2. The molecule has 1 N–H and O–H groups in total. The number of rotatable bonds is 4. The van der Waals surface area contributed by atoms with Gasteiger partial charge in [0.1, 0.15) is 0 Å². The molecular formula is C14H15F3N2O4. The number of amides is 1. The summed E-state index contributed by atoms with van der Waals surface area (Å²) in [5.41, 5.74) is -1.87. The van der Waals surface area contributed by atoms with Crippen molar-refractivity contribution < 1.29 is 32.6 Å². The van der Waals surface area contributed by atoms with Gasteiger partial charge in [-0.2, -0.15) is 13.2 Å². The van der Waals surface area contributed by atoms with Crippen molar-refractivity contribution in [2.75, 3.05) is 13.7 Å². The van der Waals surface area contributed by atoms with Gasteiger partial charge in [0.15, 0.2) is 5.69 Å². The number of carbonyl (C=O) groups excluding carboxylic acids is 1. The normalized spacial score (nSPS) is 21.5. The molecule has 126 valence electrons. The van der Waals surface area contributed by atoms with Gasteiger partial charge in [0, 0.05) is 25.9 Å². The number of hydrogen-bond acceptors (Lipinski definition) is 4. The van der Waals surface area contributed by atoms with E-state index in [9.17, 15) is 22.8 Å². The molecule has 0 saturated carbocycles. The standard InChI is InChI=1S/C14H15F3N2O4/c1-23-9-5-8(6-11(20)21)19(7-9)13(22)10-3-2-4-18-12(10)14(15,16)17/h2-4,8-9H,5-7H2,1H3,(H,20,21). The van der Waals surface area contributed by atoms with E-state index in [-0.39, 0.29) is 19.4 Å². The zero-order chi connectivity index (χ0) is 17.2. The van der Waals surface area contributed by atoms with Gasteiger partial charge < -0.3 is 14.7 Å². The van der Waals surface area contributed by atoms with Gasteiger partial charge in [-0.25, -0.2) is 0 Å². The van der Waals surface area contributed by atoms with Crippen LogP contribution >= 0.6 is 0 Å². The Balaban J connectivity index is 2.33. The van der Waals surface area contributed by atoms with Crippen molar-refractivity contribution >= 4 is 11.9 Å². The number of methoxy groups -OCH3 is 1. The minimum Gasteiger partial charge on any atom is -0.481 e. The molecule has 0 radical (unpaired) electrons. The van der Waals surface area contributed by atoms with Crippen LogP contribution in [0.3, 0.4) is 0 Å². The number of aromatic nitrogens is 1. The van der Waals surface area contributed by atoms with Crippen molar-refractivity contribution in [1.82, 2.24) is 9.88 Å². The Bertz CT molecular complexity index is 606. The summed E-state index contributed by atoms with van der Waals surface area (Å²) in [6.45, 7) is 0.0411. The number of ether oxygens (including phenoxy) is 1. The van der Waals surface area contributed by atoms with Gasteiger partial charge in [0.2, 0.25) is 0 Å². The molecule has 1 aromatic heterocycles. The van der Waals surface area contributed by atoms with Crippen LogP contribution in [0.5, 0.6) is 0 Å². The number of aliphatic carboxylic acids is 1. The van der Waals surface area contributed by atoms with Crippen molar-refractivity contribution in [2.45, 2.75) is 31.2 Å². The molecule has 0 bridgehead atoms. The predicted molar refractivity (Wildman–Crippen MR) is 71.7 cm³/mol. The Labute approximate surface area is 129 Å². The molecule has 1 aliphatic heterocycles. The number of halogens is 3. The van der Waals surface area contributed by atoms with Crippen molar-refractivity contribution in [2.24, 2.45) is 0 Å². The average molecular weight is 332 g/mol. The van der Waals surface area contributed by atoms with Gasteiger partial charge in [0.05, 0.1) is 18.1 Å². The SMILES string of the molecule is COC1CC(CC(=O)O)N(C(=O)c2cccnc2C(F)(F)F)C1. The first-order chi connectivity index (χ1) is 10.7. The lowest BCUT2D eigenvalue weighted by Gasteiger charge is -2.24. The number of alkyl halides is 3. The molecule has 2 unspecified atom stereocenters. The van der Waals surface area contributed by atoms with Crippen LogP contribution in [-0.4, -0.2) is 52.7 Å². The van der Waals surface area contributed by atoms with Crippen LogP contribution in [0.25, 0.3) is 0 Å². The van der Waals surface area contributed by atoms with Crippen molar-refractivity contribution in [1.29, 1.82) is 0 Å². The summed E-state index contributed by atoms with van der Waals surface area (Å²) < 4.78 is 44.1. The fourth-order valence-corrected chi connectivity index (χ4v) is 2.65. The van der Waals surface area contributed by atoms with E-state index in [4.69, 9.17) is 9.84 Å². The van der Waals surface area contributed by atoms with Gasteiger partial charge >= 0.3 is 12.1 Å². The summed E-state index contributed by atoms with van der Waals surface area (Å²) in [6.07, 6.45) is -4.32. The number of carboxylic acid groups (broad SMARTS) is 1. The molecule has 23 heavy (non-hydrogen) atoms. The monoisotopic (exact) mass is 332 g/mol. The van der Waals surface area contributed by atoms with Crippen LogP contribution in [0.4, 0.5) is 13.2 Å². The molecule has 1 fully saturated rings. The minimum atomic E-state index is -4.77. The largest absolute Gasteiger partial charge is 0.481 e. The lowest BCUT2D eigenvalue weighted by atomic mass is 10.1. The van der Waals surface area contributed by atoms with Gasteiger partial charge in [-0.1, -0.05) is 0 Å². The summed E-state index contributed by atoms with van der Waals surface area (Å²) in [6, 6.07) is 1.56. The zero-order valence-electron chi connectivity index (χ0n) is 12.2. The molecule has 6 nitrogen and oxygen atoms in total. The summed E-state index contributed by atoms with van der Waals surface area (Å²) in [5, 5.41) is 8.92. The van der Waals surface area contributed by atoms with Crippen LogP contribution in [0.2, 0.25) is 0 Å². The van der Waals surface area contributed by atoms with Gasteiger partial charge in [-0.3, -0.25) is 14.6 Å². The first kappa shape index (κ1) is 17.2. The molecule has 1 amide bonds. The molecule has 0 spiro atoms. The smallest absolute Gasteiger partial charge is 0.434 e. The molecule has 1 saturated heterocycles. The highest BCUT2D eigenvalue weighted by Crippen LogP contribution is 2.32. The van der Waals surface area contributed by atoms with Crippen molar-refractivity contribution in [3.63, 3.8) is 0 Å². The van der Waals surface area contributed by atoms with E-state index >= 15 is 0 Å². The average Bonchev–Trinajstić information content (AvgIpc) is 2.88. The van der Waals surface area contributed by atoms with E-state index in [1.54, 1.807) is 0 Å². The number of carbonyl (C=O) groups is 2. The van der Waals surface area contributed by atoms with E-state index in [0.717, 1.165) is 17.2 Å². The van der Waals surface area contributed by atoms with Crippen LogP contribution in [0.15, 0.2) is 18.3 Å². The highest BCUT2D eigenvalue weighted by atomic mass is 19.4. The quantitative estimate of drug-likeness (QED) is 0.909. The fourth-order valence-electron chi connectivity index (χ4n) is 2.65. The highest BCUT2D eigenvalue weighted by Gasteiger charge is 2.42. The molecule has 0 aliphatic carbocycles. The third-order valence-corrected chi connectivity index (χ3v) is 3.69. The maximum Gasteiger partial charge on any atom is 0.434 e. The molecule has 1 aromatic rings. The third-order valence-electron chi connectivity index (χ3n) is 3.69. The minimum absolute atomic E-state index is 0.0411. The van der Waals surface area contributed by atoms with Crippen LogP contribution in [0.1, 0.15) is 28.9 Å². The number of carboxylic acids is 1. The first-order valence-electron chi connectivity index (χ1n) is 6.81. The Morgan fingerprint density at radius 3 is 2.74 bits per heavy atom. The van der Waals surface area contributed by atoms with Crippen LogP contribution in [-0.2, 0) is 15.7 Å². The summed E-state index contributed by atoms with van der Waals surface area (Å²) in [5.74, 6) is -2.02. The molecule has 1 aliphatic rings. The first-order valence-corrected chi connectivity index (χ1v) is 6.81. The van der Waals surface area contributed by atoms with Crippen molar-refractivity contribution in [3.05, 3.63) is 29.6 Å². The van der Waals surface area contributed by atoms with Crippen LogP contribution < -0.4 is 0 Å². The molecule has 2 heterocycles. The number of pyridine rings is 1. The van der Waals surface area contributed by atoms with Gasteiger partial charge in [0.25, 0.3) is 5.91 Å². The summed E-state index contributed by atoms with van der Waals surface area (Å²) in [4.78, 5) is 27.8. The van der Waals surface area contributed by atoms with Gasteiger partial charge in [-0.15, -0.1) is 0 Å². The predicted octanol–water partition coefficient (Wildman–Crippen LogP) is 1.80. The second-order valence-electron chi connectivity index (χ2n) is 5.20. The molecule has 2 atom stereocenters. The number of hydrogen-bond donors (Lipinski definition) is 1. The third kappa shape index (κ3) is 3.79. The van der Waals surface area contributed by atoms with Crippen LogP contribution in [0, 0.1) is 0 Å². The Kier molecular flexibility index (Phi) is 4.88. The second kappa shape index (κ2) is 6.53. The Morgan fingerprint density at radius 2 is 2.17 bits per heavy atom. The fraction of sp³-hybridized carbons (Fsp3) is 0.500.